The molecular weight excluding hydrogens is 334 g/mol. The van der Waals surface area contributed by atoms with Gasteiger partial charge in [0.25, 0.3) is 5.56 Å². The molecule has 2 heterocycles. The summed E-state index contributed by atoms with van der Waals surface area (Å²) >= 11 is 0. The van der Waals surface area contributed by atoms with Crippen LogP contribution in [0.2, 0.25) is 0 Å². The van der Waals surface area contributed by atoms with E-state index in [1.807, 2.05) is 31.2 Å². The summed E-state index contributed by atoms with van der Waals surface area (Å²) in [5.74, 6) is 0.517. The summed E-state index contributed by atoms with van der Waals surface area (Å²) in [7, 11) is 1.60. The summed E-state index contributed by atoms with van der Waals surface area (Å²) in [6.07, 6.45) is 3.33. The van der Waals surface area contributed by atoms with E-state index >= 15 is 0 Å². The lowest BCUT2D eigenvalue weighted by atomic mass is 10.1. The summed E-state index contributed by atoms with van der Waals surface area (Å²) < 4.78 is 7.72. The van der Waals surface area contributed by atoms with E-state index < -0.39 is 0 Å². The van der Waals surface area contributed by atoms with Crippen molar-refractivity contribution in [1.82, 2.24) is 24.7 Å². The van der Waals surface area contributed by atoms with Gasteiger partial charge < -0.3 is 10.1 Å². The average molecular weight is 355 g/mol. The van der Waals surface area contributed by atoms with E-state index in [1.54, 1.807) is 13.2 Å². The lowest BCUT2D eigenvalue weighted by molar-refractivity contribution is -0.121. The Morgan fingerprint density at radius 3 is 2.73 bits per heavy atom. The smallest absolute Gasteiger partial charge is 0.293 e. The molecule has 0 saturated carbocycles. The Kier molecular flexibility index (Phi) is 5.31. The number of fused-ring (bicyclic) bond motifs is 1. The fourth-order valence-electron chi connectivity index (χ4n) is 2.55. The van der Waals surface area contributed by atoms with Gasteiger partial charge in [-0.15, -0.1) is 0 Å². The van der Waals surface area contributed by atoms with Crippen molar-refractivity contribution in [3.8, 4) is 17.0 Å². The van der Waals surface area contributed by atoms with E-state index in [-0.39, 0.29) is 18.0 Å². The third-order valence-electron chi connectivity index (χ3n) is 4.02. The molecule has 136 valence electrons. The van der Waals surface area contributed by atoms with Crippen LogP contribution in [-0.2, 0) is 11.3 Å². The summed E-state index contributed by atoms with van der Waals surface area (Å²) in [6.45, 7) is 2.54. The summed E-state index contributed by atoms with van der Waals surface area (Å²) in [6, 6.07) is 9.09. The number of benzene rings is 1. The highest BCUT2D eigenvalue weighted by Gasteiger charge is 2.12. The number of unbranched alkanes of at least 4 members (excludes halogenated alkanes) is 1. The minimum absolute atomic E-state index is 0.109. The molecule has 0 unspecified atom stereocenters. The fraction of sp³-hybridized carbons (Fsp3) is 0.333. The van der Waals surface area contributed by atoms with Crippen molar-refractivity contribution in [3.63, 3.8) is 0 Å². The van der Waals surface area contributed by atoms with E-state index in [0.717, 1.165) is 28.8 Å². The van der Waals surface area contributed by atoms with Gasteiger partial charge in [0.2, 0.25) is 5.91 Å². The first kappa shape index (κ1) is 17.7. The van der Waals surface area contributed by atoms with Crippen molar-refractivity contribution >= 4 is 11.4 Å². The largest absolute Gasteiger partial charge is 0.497 e. The standard InChI is InChI=1S/C18H21N5O3/c1-3-4-9-19-17(24)11-22-18(25)16-10-15(21-23(16)12-20-22)13-5-7-14(26-2)8-6-13/h5-8,10,12H,3-4,9,11H2,1-2H3,(H,19,24). The van der Waals surface area contributed by atoms with Crippen LogP contribution < -0.4 is 15.6 Å². The molecule has 1 amide bonds. The van der Waals surface area contributed by atoms with E-state index in [2.05, 4.69) is 15.5 Å². The van der Waals surface area contributed by atoms with Crippen LogP contribution in [0, 0.1) is 0 Å². The lowest BCUT2D eigenvalue weighted by Crippen LogP contribution is -2.34. The predicted molar refractivity (Wildman–Crippen MR) is 97.2 cm³/mol. The lowest BCUT2D eigenvalue weighted by Gasteiger charge is -2.05. The number of carbonyl (C=O) groups excluding carboxylic acids is 1. The maximum absolute atomic E-state index is 12.6. The summed E-state index contributed by atoms with van der Waals surface area (Å²) in [5.41, 5.74) is 1.52. The van der Waals surface area contributed by atoms with Crippen LogP contribution in [0.4, 0.5) is 0 Å². The van der Waals surface area contributed by atoms with Gasteiger partial charge in [-0.1, -0.05) is 13.3 Å². The number of nitrogens with one attached hydrogen (secondary N) is 1. The highest BCUT2D eigenvalue weighted by Crippen LogP contribution is 2.21. The molecule has 3 aromatic rings. The van der Waals surface area contributed by atoms with Crippen molar-refractivity contribution in [2.24, 2.45) is 0 Å². The first-order valence-corrected chi connectivity index (χ1v) is 8.49. The highest BCUT2D eigenvalue weighted by molar-refractivity contribution is 5.75. The Bertz CT molecular complexity index is 959. The van der Waals surface area contributed by atoms with Gasteiger partial charge in [-0.2, -0.15) is 10.2 Å². The van der Waals surface area contributed by atoms with Crippen molar-refractivity contribution in [3.05, 3.63) is 47.0 Å². The number of hydrogen-bond donors (Lipinski definition) is 1. The van der Waals surface area contributed by atoms with Gasteiger partial charge in [0.1, 0.15) is 24.1 Å². The Morgan fingerprint density at radius 2 is 2.04 bits per heavy atom. The molecule has 0 spiro atoms. The van der Waals surface area contributed by atoms with Gasteiger partial charge in [-0.05, 0) is 36.8 Å². The second-order valence-electron chi connectivity index (χ2n) is 5.89. The highest BCUT2D eigenvalue weighted by atomic mass is 16.5. The molecule has 1 N–H and O–H groups in total. The van der Waals surface area contributed by atoms with Crippen molar-refractivity contribution in [2.75, 3.05) is 13.7 Å². The van der Waals surface area contributed by atoms with Crippen LogP contribution in [-0.4, -0.2) is 39.0 Å². The molecule has 0 fully saturated rings. The second-order valence-corrected chi connectivity index (χ2v) is 5.89. The van der Waals surface area contributed by atoms with Crippen molar-refractivity contribution < 1.29 is 9.53 Å². The van der Waals surface area contributed by atoms with E-state index in [1.165, 1.54) is 10.8 Å². The molecule has 0 aliphatic rings. The maximum atomic E-state index is 12.6. The minimum Gasteiger partial charge on any atom is -0.497 e. The summed E-state index contributed by atoms with van der Waals surface area (Å²) in [4.78, 5) is 24.5. The van der Waals surface area contributed by atoms with Gasteiger partial charge in [0.05, 0.1) is 12.8 Å². The molecule has 1 aromatic carbocycles. The number of ether oxygens (including phenoxy) is 1. The molecule has 0 aliphatic heterocycles. The van der Waals surface area contributed by atoms with Crippen LogP contribution in [0.25, 0.3) is 16.8 Å². The minimum atomic E-state index is -0.356. The molecule has 0 aliphatic carbocycles. The molecule has 0 radical (unpaired) electrons. The number of methoxy groups -OCH3 is 1. The van der Waals surface area contributed by atoms with Gasteiger partial charge >= 0.3 is 0 Å². The first-order valence-electron chi connectivity index (χ1n) is 8.49. The van der Waals surface area contributed by atoms with E-state index in [4.69, 9.17) is 4.74 Å². The van der Waals surface area contributed by atoms with Crippen LogP contribution >= 0.6 is 0 Å². The van der Waals surface area contributed by atoms with Crippen LogP contribution in [0.3, 0.4) is 0 Å². The third-order valence-corrected chi connectivity index (χ3v) is 4.02. The van der Waals surface area contributed by atoms with Crippen LogP contribution in [0.15, 0.2) is 41.5 Å². The van der Waals surface area contributed by atoms with Gasteiger partial charge in [-0.3, -0.25) is 9.59 Å². The number of aromatic nitrogens is 4. The Morgan fingerprint density at radius 1 is 1.27 bits per heavy atom. The number of hydrogen-bond acceptors (Lipinski definition) is 5. The zero-order valence-electron chi connectivity index (χ0n) is 14.8. The first-order chi connectivity index (χ1) is 12.6. The molecule has 26 heavy (non-hydrogen) atoms. The SMILES string of the molecule is CCCCNC(=O)Cn1ncn2nc(-c3ccc(OC)cc3)cc2c1=O. The molecule has 0 atom stereocenters. The maximum Gasteiger partial charge on any atom is 0.293 e. The van der Waals surface area contributed by atoms with Crippen LogP contribution in [0.1, 0.15) is 19.8 Å². The predicted octanol–water partition coefficient (Wildman–Crippen LogP) is 1.48. The molecule has 0 saturated heterocycles. The number of amides is 1. The van der Waals surface area contributed by atoms with Gasteiger partial charge in [-0.25, -0.2) is 9.20 Å². The molecule has 0 bridgehead atoms. The Hall–Kier alpha value is -3.16. The van der Waals surface area contributed by atoms with E-state index in [0.29, 0.717) is 17.8 Å². The van der Waals surface area contributed by atoms with Crippen LogP contribution in [0.5, 0.6) is 5.75 Å². The zero-order chi connectivity index (χ0) is 18.5. The Balaban J connectivity index is 1.84. The topological polar surface area (TPSA) is 90.5 Å². The average Bonchev–Trinajstić information content (AvgIpc) is 3.09. The van der Waals surface area contributed by atoms with Crippen molar-refractivity contribution in [1.29, 1.82) is 0 Å². The fourth-order valence-corrected chi connectivity index (χ4v) is 2.55. The molecule has 8 heteroatoms. The normalized spacial score (nSPS) is 10.8. The molecule has 2 aromatic heterocycles. The zero-order valence-corrected chi connectivity index (χ0v) is 14.8. The second kappa shape index (κ2) is 7.81. The number of carbonyl (C=O) groups is 1. The molecule has 3 rings (SSSR count). The van der Waals surface area contributed by atoms with Crippen molar-refractivity contribution in [2.45, 2.75) is 26.3 Å². The summed E-state index contributed by atoms with van der Waals surface area (Å²) in [5, 5.41) is 11.2. The molecule has 8 nitrogen and oxygen atoms in total. The third kappa shape index (κ3) is 3.74. The Labute approximate surface area is 150 Å². The van der Waals surface area contributed by atoms with Gasteiger partial charge in [0.15, 0.2) is 0 Å². The quantitative estimate of drug-likeness (QED) is 0.649. The van der Waals surface area contributed by atoms with Gasteiger partial charge in [0, 0.05) is 12.1 Å². The monoisotopic (exact) mass is 355 g/mol. The van der Waals surface area contributed by atoms with E-state index in [9.17, 15) is 9.59 Å². The molecular formula is C18H21N5O3. The number of nitrogens with zero attached hydrogens (tertiary/aromatic N) is 4. The number of rotatable bonds is 7.